The normalized spacial score (nSPS) is 11.9. The number of nitrogens with two attached hydrogens (primary N) is 3. The number of aromatic hydroxyl groups is 1. The number of amides is 5. The van der Waals surface area contributed by atoms with E-state index in [1.54, 1.807) is 127 Å². The summed E-state index contributed by atoms with van der Waals surface area (Å²) >= 11 is 60.7. The average Bonchev–Trinajstić information content (AvgIpc) is 0.848. The minimum absolute atomic E-state index is 0.0943. The first-order valence-corrected chi connectivity index (χ1v) is 40.5. The number of phenolic OH excluding ortho intramolecular Hbond substituents is 1. The fourth-order valence-corrected chi connectivity index (χ4v) is 13.0. The molecule has 614 valence electrons. The Bertz CT molecular complexity index is 5040. The fraction of sp³-hybridized carbons (Fsp3) is 0.253. The standard InChI is InChI=1S/C20H22Cl2N2O2.2C18H20Cl2N2O2.C17H18Cl2N2O2.C14H11Cl2NO2/c1-13-3-5-18(17(22)11-13)23-20(25)16-12-14(21)4-6-19(16)26-15-7-9-24(2)10-8-15;1-12-4-6-16(15(20)10-12)22-18(23)14-11-13(19)5-7-17(14)24-9-3-2-8-21;1-3-13(21)10-24-17-7-5-12(19)9-14(17)18(23)22-16-6-4-11(2)8-15(16)20;1-11-3-5-15(14(19)9-11)21-17(22)13-10-12(18)4-6-16(13)23-8-2-7-20;1-8-2-4-12(11(16)6-8)17-14(19)10-7-9(15)3-5-13(10)18/h3-6,11-12,15H,7-10H2,1-2H3,(H,23,25);4-7,10-11H,2-3,8-9,21H2,1H3,(H,22,23);4-9,13H,3,10,21H2,1-2H3,(H,22,23);3-6,9-10H,2,7-8,20H2,1H3,(H,21,22);2-7,18H,1H3,(H,17,19)/t;;13-;;/m..0../s1. The summed E-state index contributed by atoms with van der Waals surface area (Å²) < 4.78 is 23.1. The molecule has 0 radical (unpaired) electrons. The second kappa shape index (κ2) is 47.6. The van der Waals surface area contributed by atoms with Crippen molar-refractivity contribution in [3.8, 4) is 28.7 Å². The number of halogens is 10. The molecule has 0 unspecified atom stereocenters. The number of aryl methyl sites for hydroxylation is 5. The van der Waals surface area contributed by atoms with Gasteiger partial charge in [0.1, 0.15) is 41.5 Å². The molecule has 1 atom stereocenters. The molecule has 1 saturated heterocycles. The van der Waals surface area contributed by atoms with Crippen molar-refractivity contribution in [2.24, 2.45) is 17.2 Å². The quantitative estimate of drug-likeness (QED) is 0.0241. The van der Waals surface area contributed by atoms with E-state index in [1.165, 1.54) is 18.2 Å². The minimum atomic E-state index is -0.467. The van der Waals surface area contributed by atoms with Crippen LogP contribution in [0.15, 0.2) is 182 Å². The third-order valence-electron chi connectivity index (χ3n) is 17.2. The summed E-state index contributed by atoms with van der Waals surface area (Å²) in [6.45, 7) is 16.0. The van der Waals surface area contributed by atoms with Gasteiger partial charge in [-0.15, -0.1) is 0 Å². The molecule has 0 aliphatic carbocycles. The number of anilines is 5. The summed E-state index contributed by atoms with van der Waals surface area (Å²) in [5, 5.41) is 28.1. The van der Waals surface area contributed by atoms with Crippen molar-refractivity contribution in [1.29, 1.82) is 0 Å². The molecule has 116 heavy (non-hydrogen) atoms. The molecule has 0 saturated carbocycles. The number of benzene rings is 10. The zero-order chi connectivity index (χ0) is 84.7. The van der Waals surface area contributed by atoms with Crippen LogP contribution in [-0.2, 0) is 0 Å². The van der Waals surface area contributed by atoms with Gasteiger partial charge in [0.05, 0.1) is 94.6 Å². The molecule has 1 heterocycles. The van der Waals surface area contributed by atoms with Gasteiger partial charge < -0.3 is 72.7 Å². The van der Waals surface area contributed by atoms with Crippen LogP contribution in [0.3, 0.4) is 0 Å². The number of rotatable bonds is 25. The Balaban J connectivity index is 0.000000201. The number of carbonyl (C=O) groups is 5. The number of nitrogens with one attached hydrogen (secondary N) is 5. The average molecular weight is 1780 g/mol. The maximum atomic E-state index is 12.8. The van der Waals surface area contributed by atoms with E-state index in [1.807, 2.05) is 77.9 Å². The van der Waals surface area contributed by atoms with Crippen LogP contribution in [0.25, 0.3) is 0 Å². The van der Waals surface area contributed by atoms with Crippen molar-refractivity contribution in [3.63, 3.8) is 0 Å². The first kappa shape index (κ1) is 94.4. The summed E-state index contributed by atoms with van der Waals surface area (Å²) in [4.78, 5) is 64.8. The Morgan fingerprint density at radius 3 is 1.00 bits per heavy atom. The first-order valence-electron chi connectivity index (χ1n) is 36.8. The number of piperidine rings is 1. The predicted molar refractivity (Wildman–Crippen MR) is 477 cm³/mol. The molecule has 19 nitrogen and oxygen atoms in total. The fourth-order valence-electron chi connectivity index (χ4n) is 10.7. The van der Waals surface area contributed by atoms with Crippen LogP contribution in [-0.4, -0.2) is 105 Å². The number of nitrogens with zero attached hydrogens (tertiary/aromatic N) is 1. The van der Waals surface area contributed by atoms with E-state index >= 15 is 0 Å². The van der Waals surface area contributed by atoms with Gasteiger partial charge in [-0.05, 0) is 273 Å². The SMILES string of the molecule is CC[C@H](N)COc1ccc(Cl)cc1C(=O)Nc1ccc(C)cc1Cl.Cc1ccc(NC(=O)c2cc(Cl)ccc2O)c(Cl)c1.Cc1ccc(NC(=O)c2cc(Cl)ccc2OC2CCN(C)CC2)c(Cl)c1.Cc1ccc(NC(=O)c2cc(Cl)ccc2OCCCCN)c(Cl)c1.Cc1ccc(NC(=O)c2cc(Cl)ccc2OCCCN)c(Cl)c1. The summed E-state index contributed by atoms with van der Waals surface area (Å²) in [7, 11) is 2.10. The predicted octanol–water partition coefficient (Wildman–Crippen LogP) is 22.9. The number of phenols is 1. The molecular formula is C87H91Cl10N9O10. The molecule has 29 heteroatoms. The zero-order valence-corrected chi connectivity index (χ0v) is 72.3. The van der Waals surface area contributed by atoms with Crippen LogP contribution in [0.1, 0.15) is 125 Å². The maximum absolute atomic E-state index is 12.8. The number of hydrogen-bond donors (Lipinski definition) is 9. The van der Waals surface area contributed by atoms with E-state index in [4.69, 9.17) is 152 Å². The number of unbranched alkanes of at least 4 members (excludes halogenated alkanes) is 1. The second-order valence-electron chi connectivity index (χ2n) is 26.8. The molecule has 12 N–H and O–H groups in total. The number of hydrogen-bond acceptors (Lipinski definition) is 14. The largest absolute Gasteiger partial charge is 0.507 e. The smallest absolute Gasteiger partial charge is 0.259 e. The van der Waals surface area contributed by atoms with Gasteiger partial charge in [0, 0.05) is 44.2 Å². The first-order chi connectivity index (χ1) is 55.3. The van der Waals surface area contributed by atoms with E-state index in [9.17, 15) is 29.1 Å². The lowest BCUT2D eigenvalue weighted by Gasteiger charge is -2.29. The maximum Gasteiger partial charge on any atom is 0.259 e. The number of ether oxygens (including phenoxy) is 4. The molecule has 1 fully saturated rings. The van der Waals surface area contributed by atoms with Crippen molar-refractivity contribution < 1.29 is 48.0 Å². The Morgan fingerprint density at radius 2 is 0.681 bits per heavy atom. The van der Waals surface area contributed by atoms with E-state index < -0.39 is 5.91 Å². The zero-order valence-electron chi connectivity index (χ0n) is 64.7. The molecule has 10 aromatic rings. The minimum Gasteiger partial charge on any atom is -0.507 e. The van der Waals surface area contributed by atoms with Crippen molar-refractivity contribution in [2.75, 3.05) is 79.6 Å². The van der Waals surface area contributed by atoms with Crippen LogP contribution in [0.4, 0.5) is 28.4 Å². The summed E-state index contributed by atoms with van der Waals surface area (Å²) in [6, 6.07) is 51.1. The number of likely N-dealkylation sites (tertiary alicyclic amines) is 1. The monoisotopic (exact) mass is 1770 g/mol. The van der Waals surface area contributed by atoms with Gasteiger partial charge in [0.2, 0.25) is 0 Å². The molecular weight excluding hydrogens is 1690 g/mol. The second-order valence-corrected chi connectivity index (χ2v) is 31.1. The van der Waals surface area contributed by atoms with Gasteiger partial charge in [0.25, 0.3) is 29.5 Å². The highest BCUT2D eigenvalue weighted by atomic mass is 35.5. The van der Waals surface area contributed by atoms with E-state index in [-0.39, 0.29) is 47.1 Å². The molecule has 5 amide bonds. The van der Waals surface area contributed by atoms with Gasteiger partial charge in [-0.1, -0.05) is 153 Å². The van der Waals surface area contributed by atoms with Gasteiger partial charge in [-0.25, -0.2) is 0 Å². The Kier molecular flexibility index (Phi) is 38.8. The highest BCUT2D eigenvalue weighted by Crippen LogP contribution is 2.35. The van der Waals surface area contributed by atoms with Crippen LogP contribution < -0.4 is 62.7 Å². The van der Waals surface area contributed by atoms with Crippen molar-refractivity contribution in [1.82, 2.24) is 4.90 Å². The van der Waals surface area contributed by atoms with Crippen molar-refractivity contribution in [2.45, 2.75) is 92.2 Å². The molecule has 0 aromatic heterocycles. The van der Waals surface area contributed by atoms with E-state index in [2.05, 4.69) is 38.5 Å². The highest BCUT2D eigenvalue weighted by Gasteiger charge is 2.24. The number of carbonyl (C=O) groups excluding carboxylic acids is 5. The van der Waals surface area contributed by atoms with Gasteiger partial charge in [-0.2, -0.15) is 0 Å². The molecule has 0 spiro atoms. The summed E-state index contributed by atoms with van der Waals surface area (Å²) in [6.07, 6.45) is 5.15. The van der Waals surface area contributed by atoms with Crippen LogP contribution in [0.2, 0.25) is 50.2 Å². The summed E-state index contributed by atoms with van der Waals surface area (Å²) in [5.74, 6) is 0.0351. The molecule has 0 bridgehead atoms. The van der Waals surface area contributed by atoms with Gasteiger partial charge in [-0.3, -0.25) is 24.0 Å². The topological polar surface area (TPSA) is 284 Å². The van der Waals surface area contributed by atoms with Crippen molar-refractivity contribution in [3.05, 3.63) is 288 Å². The third-order valence-corrected chi connectivity index (χ3v) is 19.9. The third kappa shape index (κ3) is 30.7. The van der Waals surface area contributed by atoms with Crippen LogP contribution in [0.5, 0.6) is 28.7 Å². The van der Waals surface area contributed by atoms with E-state index in [0.717, 1.165) is 73.0 Å². The summed E-state index contributed by atoms with van der Waals surface area (Å²) in [5.41, 5.74) is 26.1. The van der Waals surface area contributed by atoms with Crippen LogP contribution in [0, 0.1) is 34.6 Å². The lowest BCUT2D eigenvalue weighted by molar-refractivity contribution is 0.0984. The van der Waals surface area contributed by atoms with Crippen LogP contribution >= 0.6 is 116 Å². The molecule has 10 aromatic carbocycles. The molecule has 1 aliphatic heterocycles. The highest BCUT2D eigenvalue weighted by molar-refractivity contribution is 6.37. The van der Waals surface area contributed by atoms with Gasteiger partial charge >= 0.3 is 0 Å². The van der Waals surface area contributed by atoms with Crippen molar-refractivity contribution >= 4 is 174 Å². The molecule has 11 rings (SSSR count). The molecule has 1 aliphatic rings. The van der Waals surface area contributed by atoms with E-state index in [0.29, 0.717) is 163 Å². The Hall–Kier alpha value is -8.71. The Morgan fingerprint density at radius 1 is 0.397 bits per heavy atom. The lowest BCUT2D eigenvalue weighted by Crippen LogP contribution is -2.36. The Labute approximate surface area is 726 Å². The lowest BCUT2D eigenvalue weighted by atomic mass is 10.1. The van der Waals surface area contributed by atoms with Gasteiger partial charge in [0.15, 0.2) is 0 Å².